The number of rotatable bonds is 4. The second kappa shape index (κ2) is 5.87. The molecule has 3 heteroatoms. The normalized spacial score (nSPS) is 29.2. The molecule has 1 aliphatic carbocycles. The number of aliphatic hydroxyl groups is 1. The molecule has 0 amide bonds. The summed E-state index contributed by atoms with van der Waals surface area (Å²) >= 11 is 0. The summed E-state index contributed by atoms with van der Waals surface area (Å²) in [5.41, 5.74) is 0.386. The molecule has 0 spiro atoms. The fraction of sp³-hybridized carbons (Fsp3) is 0.800. The van der Waals surface area contributed by atoms with Gasteiger partial charge in [0.25, 0.3) is 0 Å². The summed E-state index contributed by atoms with van der Waals surface area (Å²) < 4.78 is 1.90. The predicted molar refractivity (Wildman–Crippen MR) is 73.3 cm³/mol. The number of aryl methyl sites for hydroxylation is 1. The van der Waals surface area contributed by atoms with Crippen molar-refractivity contribution in [1.82, 2.24) is 9.78 Å². The van der Waals surface area contributed by atoms with Crippen LogP contribution in [-0.4, -0.2) is 14.9 Å². The first kappa shape index (κ1) is 13.6. The van der Waals surface area contributed by atoms with Gasteiger partial charge in [-0.25, -0.2) is 0 Å². The van der Waals surface area contributed by atoms with Crippen LogP contribution in [0.3, 0.4) is 0 Å². The van der Waals surface area contributed by atoms with Crippen LogP contribution in [0.25, 0.3) is 0 Å². The summed E-state index contributed by atoms with van der Waals surface area (Å²) in [5.74, 6) is 0.810. The average molecular weight is 250 g/mol. The van der Waals surface area contributed by atoms with Crippen LogP contribution >= 0.6 is 0 Å². The zero-order valence-corrected chi connectivity index (χ0v) is 11.7. The second-order valence-corrected chi connectivity index (χ2v) is 5.70. The molecular formula is C15H26N2O. The lowest BCUT2D eigenvalue weighted by molar-refractivity contribution is 0.0194. The van der Waals surface area contributed by atoms with E-state index in [0.717, 1.165) is 43.7 Å². The largest absolute Gasteiger partial charge is 0.385 e. The summed E-state index contributed by atoms with van der Waals surface area (Å²) in [4.78, 5) is 0. The molecule has 0 radical (unpaired) electrons. The lowest BCUT2D eigenvalue weighted by Gasteiger charge is -2.25. The Labute approximate surface area is 110 Å². The molecule has 1 saturated carbocycles. The van der Waals surface area contributed by atoms with Crippen LogP contribution < -0.4 is 0 Å². The van der Waals surface area contributed by atoms with Crippen molar-refractivity contribution in [1.29, 1.82) is 0 Å². The Morgan fingerprint density at radius 2 is 2.22 bits per heavy atom. The van der Waals surface area contributed by atoms with E-state index in [-0.39, 0.29) is 0 Å². The quantitative estimate of drug-likeness (QED) is 0.831. The third kappa shape index (κ3) is 2.94. The molecule has 0 bridgehead atoms. The molecule has 3 nitrogen and oxygen atoms in total. The van der Waals surface area contributed by atoms with E-state index in [1.54, 1.807) is 0 Å². The fourth-order valence-corrected chi connectivity index (χ4v) is 3.16. The van der Waals surface area contributed by atoms with Crippen LogP contribution in [0.4, 0.5) is 0 Å². The number of hydrogen-bond acceptors (Lipinski definition) is 2. The summed E-state index contributed by atoms with van der Waals surface area (Å²) in [6.45, 7) is 5.20. The second-order valence-electron chi connectivity index (χ2n) is 5.70. The molecule has 0 aromatic carbocycles. The first-order valence-corrected chi connectivity index (χ1v) is 7.43. The van der Waals surface area contributed by atoms with Gasteiger partial charge in [-0.1, -0.05) is 26.2 Å². The molecule has 2 atom stereocenters. The van der Waals surface area contributed by atoms with Gasteiger partial charge in [0.15, 0.2) is 0 Å². The Bertz CT molecular complexity index is 374. The van der Waals surface area contributed by atoms with E-state index in [9.17, 15) is 5.11 Å². The van der Waals surface area contributed by atoms with E-state index in [1.807, 2.05) is 17.1 Å². The van der Waals surface area contributed by atoms with Crippen LogP contribution in [0.15, 0.2) is 12.4 Å². The van der Waals surface area contributed by atoms with E-state index in [4.69, 9.17) is 0 Å². The van der Waals surface area contributed by atoms with E-state index < -0.39 is 5.60 Å². The van der Waals surface area contributed by atoms with Gasteiger partial charge in [0.1, 0.15) is 0 Å². The molecule has 102 valence electrons. The lowest BCUT2D eigenvalue weighted by Crippen LogP contribution is -2.24. The summed E-state index contributed by atoms with van der Waals surface area (Å²) in [6, 6.07) is 0. The molecule has 2 unspecified atom stereocenters. The van der Waals surface area contributed by atoms with Crippen molar-refractivity contribution >= 4 is 0 Å². The molecule has 1 aromatic heterocycles. The molecule has 1 heterocycles. The van der Waals surface area contributed by atoms with Crippen molar-refractivity contribution in [3.05, 3.63) is 18.0 Å². The van der Waals surface area contributed by atoms with Gasteiger partial charge in [0.2, 0.25) is 0 Å². The van der Waals surface area contributed by atoms with Crippen molar-refractivity contribution in [3.63, 3.8) is 0 Å². The van der Waals surface area contributed by atoms with Gasteiger partial charge in [0, 0.05) is 18.3 Å². The molecule has 0 aliphatic heterocycles. The molecule has 1 aromatic rings. The minimum Gasteiger partial charge on any atom is -0.385 e. The maximum atomic E-state index is 10.9. The van der Waals surface area contributed by atoms with Gasteiger partial charge in [-0.15, -0.1) is 0 Å². The minimum atomic E-state index is -0.629. The van der Waals surface area contributed by atoms with E-state index in [0.29, 0.717) is 0 Å². The van der Waals surface area contributed by atoms with Crippen molar-refractivity contribution in [2.75, 3.05) is 0 Å². The Balaban J connectivity index is 2.06. The van der Waals surface area contributed by atoms with Crippen LogP contribution in [0.5, 0.6) is 0 Å². The molecule has 2 rings (SSSR count). The zero-order chi connectivity index (χ0) is 13.0. The highest BCUT2D eigenvalue weighted by molar-refractivity contribution is 5.15. The highest BCUT2D eigenvalue weighted by Crippen LogP contribution is 2.38. The maximum absolute atomic E-state index is 10.9. The number of nitrogens with zero attached hydrogens (tertiary/aromatic N) is 2. The Morgan fingerprint density at radius 1 is 1.39 bits per heavy atom. The molecular weight excluding hydrogens is 224 g/mol. The first-order valence-electron chi connectivity index (χ1n) is 7.43. The topological polar surface area (TPSA) is 38.1 Å². The Morgan fingerprint density at radius 3 is 2.89 bits per heavy atom. The molecule has 1 N–H and O–H groups in total. The maximum Gasteiger partial charge on any atom is 0.0927 e. The van der Waals surface area contributed by atoms with Crippen molar-refractivity contribution < 1.29 is 5.11 Å². The van der Waals surface area contributed by atoms with Crippen LogP contribution in [0.1, 0.15) is 64.4 Å². The zero-order valence-electron chi connectivity index (χ0n) is 11.7. The van der Waals surface area contributed by atoms with Gasteiger partial charge in [-0.3, -0.25) is 4.68 Å². The standard InChI is InChI=1S/C15H26N2O/c1-3-6-13-7-5-9-15(18,10-8-13)14-11-16-17(4-2)12-14/h11-13,18H,3-10H2,1-2H3. The molecule has 1 aliphatic rings. The molecule has 1 fully saturated rings. The summed E-state index contributed by atoms with van der Waals surface area (Å²) in [6.07, 6.45) is 11.8. The minimum absolute atomic E-state index is 0.629. The molecule has 18 heavy (non-hydrogen) atoms. The van der Waals surface area contributed by atoms with Crippen molar-refractivity contribution in [3.8, 4) is 0 Å². The van der Waals surface area contributed by atoms with Gasteiger partial charge < -0.3 is 5.11 Å². The Kier molecular flexibility index (Phi) is 4.44. The Hall–Kier alpha value is -0.830. The summed E-state index contributed by atoms with van der Waals surface area (Å²) in [7, 11) is 0. The van der Waals surface area contributed by atoms with Crippen LogP contribution in [0.2, 0.25) is 0 Å². The lowest BCUT2D eigenvalue weighted by atomic mass is 9.88. The van der Waals surface area contributed by atoms with Gasteiger partial charge in [-0.2, -0.15) is 5.10 Å². The number of aromatic nitrogens is 2. The number of hydrogen-bond donors (Lipinski definition) is 1. The summed E-state index contributed by atoms with van der Waals surface area (Å²) in [5, 5.41) is 15.2. The van der Waals surface area contributed by atoms with E-state index in [1.165, 1.54) is 19.3 Å². The van der Waals surface area contributed by atoms with E-state index >= 15 is 0 Å². The van der Waals surface area contributed by atoms with Crippen LogP contribution in [-0.2, 0) is 12.1 Å². The predicted octanol–water partition coefficient (Wildman–Crippen LogP) is 3.47. The van der Waals surface area contributed by atoms with Gasteiger partial charge >= 0.3 is 0 Å². The fourth-order valence-electron chi connectivity index (χ4n) is 3.16. The highest BCUT2D eigenvalue weighted by Gasteiger charge is 2.33. The smallest absolute Gasteiger partial charge is 0.0927 e. The average Bonchev–Trinajstić information content (AvgIpc) is 2.78. The van der Waals surface area contributed by atoms with Crippen molar-refractivity contribution in [2.24, 2.45) is 5.92 Å². The van der Waals surface area contributed by atoms with Crippen LogP contribution in [0, 0.1) is 5.92 Å². The third-order valence-corrected chi connectivity index (χ3v) is 4.36. The van der Waals surface area contributed by atoms with Crippen molar-refractivity contribution in [2.45, 2.75) is 70.9 Å². The SMILES string of the molecule is CCCC1CCCC(O)(c2cnn(CC)c2)CC1. The van der Waals surface area contributed by atoms with Gasteiger partial charge in [0.05, 0.1) is 11.8 Å². The monoisotopic (exact) mass is 250 g/mol. The molecule has 0 saturated heterocycles. The van der Waals surface area contributed by atoms with E-state index in [2.05, 4.69) is 18.9 Å². The third-order valence-electron chi connectivity index (χ3n) is 4.36. The first-order chi connectivity index (χ1) is 8.68. The highest BCUT2D eigenvalue weighted by atomic mass is 16.3. The van der Waals surface area contributed by atoms with Gasteiger partial charge in [-0.05, 0) is 38.5 Å².